The van der Waals surface area contributed by atoms with Gasteiger partial charge in [0.25, 0.3) is 0 Å². The molecule has 0 atom stereocenters. The SMILES string of the molecule is Nc1nc(NCCOC2CCCCC2)c(Cl)cc1Cl. The number of pyridine rings is 1. The minimum Gasteiger partial charge on any atom is -0.382 e. The quantitative estimate of drug-likeness (QED) is 0.814. The van der Waals surface area contributed by atoms with Gasteiger partial charge in [0, 0.05) is 6.54 Å². The smallest absolute Gasteiger partial charge is 0.147 e. The largest absolute Gasteiger partial charge is 0.382 e. The fourth-order valence-electron chi connectivity index (χ4n) is 2.23. The van der Waals surface area contributed by atoms with Crippen molar-refractivity contribution in [3.05, 3.63) is 16.1 Å². The van der Waals surface area contributed by atoms with E-state index >= 15 is 0 Å². The van der Waals surface area contributed by atoms with Crippen LogP contribution < -0.4 is 11.1 Å². The van der Waals surface area contributed by atoms with E-state index in [-0.39, 0.29) is 5.82 Å². The maximum Gasteiger partial charge on any atom is 0.147 e. The number of nitrogens with one attached hydrogen (secondary N) is 1. The number of nitrogens with zero attached hydrogens (tertiary/aromatic N) is 1. The van der Waals surface area contributed by atoms with Crippen molar-refractivity contribution in [3.8, 4) is 0 Å². The van der Waals surface area contributed by atoms with Gasteiger partial charge in [-0.3, -0.25) is 0 Å². The molecular formula is C13H19Cl2N3O. The number of nitrogens with two attached hydrogens (primary N) is 1. The molecule has 19 heavy (non-hydrogen) atoms. The second-order valence-electron chi connectivity index (χ2n) is 4.74. The minimum absolute atomic E-state index is 0.279. The lowest BCUT2D eigenvalue weighted by Crippen LogP contribution is -2.20. The zero-order chi connectivity index (χ0) is 13.7. The van der Waals surface area contributed by atoms with Crippen LogP contribution in [0.1, 0.15) is 32.1 Å². The van der Waals surface area contributed by atoms with Gasteiger partial charge in [-0.1, -0.05) is 42.5 Å². The van der Waals surface area contributed by atoms with E-state index in [0.29, 0.717) is 35.1 Å². The van der Waals surface area contributed by atoms with E-state index in [0.717, 1.165) is 0 Å². The Morgan fingerprint density at radius 3 is 2.74 bits per heavy atom. The molecule has 1 saturated carbocycles. The number of hydrogen-bond acceptors (Lipinski definition) is 4. The standard InChI is InChI=1S/C13H19Cl2N3O/c14-10-8-11(15)13(18-12(10)16)17-6-7-19-9-4-2-1-3-5-9/h8-9H,1-7H2,(H3,16,17,18). The molecule has 0 unspecified atom stereocenters. The molecule has 0 radical (unpaired) electrons. The van der Waals surface area contributed by atoms with Crippen LogP contribution in [-0.4, -0.2) is 24.2 Å². The Kier molecular flexibility index (Phi) is 5.55. The van der Waals surface area contributed by atoms with Gasteiger partial charge in [0.05, 0.1) is 22.8 Å². The zero-order valence-corrected chi connectivity index (χ0v) is 12.3. The van der Waals surface area contributed by atoms with Crippen molar-refractivity contribution < 1.29 is 4.74 Å². The lowest BCUT2D eigenvalue weighted by molar-refractivity contribution is 0.0347. The third-order valence-electron chi connectivity index (χ3n) is 3.26. The van der Waals surface area contributed by atoms with E-state index in [1.165, 1.54) is 32.1 Å². The van der Waals surface area contributed by atoms with Gasteiger partial charge in [-0.05, 0) is 18.9 Å². The number of hydrogen-bond donors (Lipinski definition) is 2. The fraction of sp³-hybridized carbons (Fsp3) is 0.615. The number of halogens is 2. The van der Waals surface area contributed by atoms with E-state index in [2.05, 4.69) is 10.3 Å². The molecule has 0 aliphatic heterocycles. The van der Waals surface area contributed by atoms with Gasteiger partial charge < -0.3 is 15.8 Å². The molecule has 106 valence electrons. The highest BCUT2D eigenvalue weighted by Gasteiger charge is 2.13. The zero-order valence-electron chi connectivity index (χ0n) is 10.8. The summed E-state index contributed by atoms with van der Waals surface area (Å²) >= 11 is 11.8. The highest BCUT2D eigenvalue weighted by Crippen LogP contribution is 2.27. The van der Waals surface area contributed by atoms with E-state index < -0.39 is 0 Å². The van der Waals surface area contributed by atoms with Crippen molar-refractivity contribution in [2.24, 2.45) is 0 Å². The predicted octanol–water partition coefficient (Wildman–Crippen LogP) is 3.73. The molecule has 1 heterocycles. The summed E-state index contributed by atoms with van der Waals surface area (Å²) in [7, 11) is 0. The molecule has 4 nitrogen and oxygen atoms in total. The Hall–Kier alpha value is -0.710. The molecule has 6 heteroatoms. The summed E-state index contributed by atoms with van der Waals surface area (Å²) in [5, 5.41) is 3.95. The molecule has 0 spiro atoms. The van der Waals surface area contributed by atoms with Crippen LogP contribution in [0.2, 0.25) is 10.0 Å². The van der Waals surface area contributed by atoms with E-state index in [9.17, 15) is 0 Å². The normalized spacial score (nSPS) is 16.5. The van der Waals surface area contributed by atoms with Crippen LogP contribution in [0.3, 0.4) is 0 Å². The molecule has 1 aliphatic carbocycles. The van der Waals surface area contributed by atoms with Gasteiger partial charge in [0.2, 0.25) is 0 Å². The molecule has 1 aliphatic rings. The van der Waals surface area contributed by atoms with Crippen LogP contribution in [0, 0.1) is 0 Å². The van der Waals surface area contributed by atoms with Crippen molar-refractivity contribution in [2.45, 2.75) is 38.2 Å². The third kappa shape index (κ3) is 4.41. The lowest BCUT2D eigenvalue weighted by atomic mass is 9.98. The van der Waals surface area contributed by atoms with Crippen LogP contribution in [0.15, 0.2) is 6.07 Å². The van der Waals surface area contributed by atoms with E-state index in [1.807, 2.05) is 0 Å². The monoisotopic (exact) mass is 303 g/mol. The molecule has 3 N–H and O–H groups in total. The Bertz CT molecular complexity index is 423. The first kappa shape index (κ1) is 14.7. The first-order valence-corrected chi connectivity index (χ1v) is 7.39. The summed E-state index contributed by atoms with van der Waals surface area (Å²) in [5.74, 6) is 0.831. The second-order valence-corrected chi connectivity index (χ2v) is 5.56. The summed E-state index contributed by atoms with van der Waals surface area (Å²) in [4.78, 5) is 4.10. The second kappa shape index (κ2) is 7.17. The van der Waals surface area contributed by atoms with Crippen LogP contribution >= 0.6 is 23.2 Å². The number of nitrogen functional groups attached to an aromatic ring is 1. The molecule has 1 aromatic rings. The number of rotatable bonds is 5. The first-order chi connectivity index (χ1) is 9.16. The molecule has 1 aromatic heterocycles. The van der Waals surface area contributed by atoms with Gasteiger partial charge in [-0.2, -0.15) is 0 Å². The molecule has 1 fully saturated rings. The summed E-state index contributed by atoms with van der Waals surface area (Å²) < 4.78 is 5.81. The molecular weight excluding hydrogens is 285 g/mol. The Labute approximate surface area is 123 Å². The van der Waals surface area contributed by atoms with Crippen LogP contribution in [-0.2, 0) is 4.74 Å². The van der Waals surface area contributed by atoms with Crippen molar-refractivity contribution in [1.29, 1.82) is 0 Å². The Morgan fingerprint density at radius 1 is 1.26 bits per heavy atom. The summed E-state index contributed by atoms with van der Waals surface area (Å²) in [5.41, 5.74) is 5.64. The summed E-state index contributed by atoms with van der Waals surface area (Å²) in [6.45, 7) is 1.30. The van der Waals surface area contributed by atoms with Gasteiger partial charge in [-0.25, -0.2) is 4.98 Å². The summed E-state index contributed by atoms with van der Waals surface area (Å²) in [6.07, 6.45) is 6.65. The molecule has 0 bridgehead atoms. The third-order valence-corrected chi connectivity index (χ3v) is 3.85. The maximum absolute atomic E-state index is 6.02. The van der Waals surface area contributed by atoms with Crippen molar-refractivity contribution in [2.75, 3.05) is 24.2 Å². The molecule has 2 rings (SSSR count). The lowest BCUT2D eigenvalue weighted by Gasteiger charge is -2.22. The Morgan fingerprint density at radius 2 is 2.00 bits per heavy atom. The minimum atomic E-state index is 0.279. The number of aromatic nitrogens is 1. The van der Waals surface area contributed by atoms with Crippen molar-refractivity contribution in [3.63, 3.8) is 0 Å². The average Bonchev–Trinajstić information content (AvgIpc) is 2.41. The maximum atomic E-state index is 6.02. The van der Waals surface area contributed by atoms with Gasteiger partial charge >= 0.3 is 0 Å². The van der Waals surface area contributed by atoms with Gasteiger partial charge in [0.1, 0.15) is 11.6 Å². The predicted molar refractivity (Wildman–Crippen MR) is 80.0 cm³/mol. The van der Waals surface area contributed by atoms with E-state index in [4.69, 9.17) is 33.7 Å². The van der Waals surface area contributed by atoms with Gasteiger partial charge in [-0.15, -0.1) is 0 Å². The summed E-state index contributed by atoms with van der Waals surface area (Å²) in [6, 6.07) is 1.59. The average molecular weight is 304 g/mol. The van der Waals surface area contributed by atoms with Crippen molar-refractivity contribution >= 4 is 34.8 Å². The van der Waals surface area contributed by atoms with Crippen LogP contribution in [0.4, 0.5) is 11.6 Å². The molecule has 0 amide bonds. The number of ether oxygens (including phenoxy) is 1. The number of anilines is 2. The highest BCUT2D eigenvalue weighted by atomic mass is 35.5. The molecule has 0 saturated heterocycles. The van der Waals surface area contributed by atoms with E-state index in [1.54, 1.807) is 6.07 Å². The highest BCUT2D eigenvalue weighted by molar-refractivity contribution is 6.37. The van der Waals surface area contributed by atoms with Crippen LogP contribution in [0.25, 0.3) is 0 Å². The van der Waals surface area contributed by atoms with Crippen molar-refractivity contribution in [1.82, 2.24) is 4.98 Å². The Balaban J connectivity index is 1.74. The van der Waals surface area contributed by atoms with Gasteiger partial charge in [0.15, 0.2) is 0 Å². The fourth-order valence-corrected chi connectivity index (χ4v) is 2.66. The first-order valence-electron chi connectivity index (χ1n) is 6.64. The topological polar surface area (TPSA) is 60.2 Å². The van der Waals surface area contributed by atoms with Crippen LogP contribution in [0.5, 0.6) is 0 Å². The molecule has 0 aromatic carbocycles.